The van der Waals surface area contributed by atoms with E-state index in [1.54, 1.807) is 0 Å². The lowest BCUT2D eigenvalue weighted by atomic mass is 10.1. The molecule has 3 heteroatoms. The molecule has 0 aromatic heterocycles. The third-order valence-electron chi connectivity index (χ3n) is 8.33. The third-order valence-corrected chi connectivity index (χ3v) is 8.33. The molecule has 1 aromatic rings. The molecule has 0 atom stereocenters. The zero-order valence-electron chi connectivity index (χ0n) is 30.0. The Hall–Kier alpha value is -2.55. The lowest BCUT2D eigenvalue weighted by Crippen LogP contribution is -2.02. The molecule has 0 saturated heterocycles. The van der Waals surface area contributed by atoms with Crippen LogP contribution < -0.4 is 9.47 Å². The van der Waals surface area contributed by atoms with Crippen molar-refractivity contribution < 1.29 is 14.3 Å². The van der Waals surface area contributed by atoms with Crippen LogP contribution in [0.25, 0.3) is 0 Å². The van der Waals surface area contributed by atoms with Crippen molar-refractivity contribution in [3.8, 4) is 11.5 Å². The monoisotopic (exact) mass is 635 g/mol. The average Bonchev–Trinajstić information content (AvgIpc) is 3.07. The first-order valence-corrected chi connectivity index (χ1v) is 19.3. The van der Waals surface area contributed by atoms with E-state index in [0.717, 1.165) is 37.7 Å². The molecule has 260 valence electrons. The van der Waals surface area contributed by atoms with Crippen LogP contribution in [0, 0.1) is 0 Å². The van der Waals surface area contributed by atoms with E-state index < -0.39 is 0 Å². The van der Waals surface area contributed by atoms with Crippen LogP contribution in [-0.4, -0.2) is 19.5 Å². The number of benzene rings is 1. The highest BCUT2D eigenvalue weighted by atomic mass is 16.5. The van der Waals surface area contributed by atoms with Gasteiger partial charge in [0.15, 0.2) is 6.29 Å². The van der Waals surface area contributed by atoms with Crippen molar-refractivity contribution in [2.45, 2.75) is 168 Å². The Kier molecular flexibility index (Phi) is 30.5. The van der Waals surface area contributed by atoms with Gasteiger partial charge in [0.05, 0.1) is 18.8 Å². The van der Waals surface area contributed by atoms with Crippen LogP contribution in [0.2, 0.25) is 0 Å². The molecule has 0 aliphatic carbocycles. The van der Waals surface area contributed by atoms with Crippen LogP contribution in [0.5, 0.6) is 11.5 Å². The highest BCUT2D eigenvalue weighted by Crippen LogP contribution is 2.25. The van der Waals surface area contributed by atoms with E-state index in [1.165, 1.54) is 128 Å². The molecule has 0 heterocycles. The summed E-state index contributed by atoms with van der Waals surface area (Å²) in [6, 6.07) is 5.58. The van der Waals surface area contributed by atoms with Gasteiger partial charge in [-0.2, -0.15) is 0 Å². The van der Waals surface area contributed by atoms with Crippen LogP contribution in [0.15, 0.2) is 66.8 Å². The summed E-state index contributed by atoms with van der Waals surface area (Å²) in [5, 5.41) is 0. The molecule has 0 N–H and O–H groups in total. The second-order valence-corrected chi connectivity index (χ2v) is 12.7. The topological polar surface area (TPSA) is 35.5 Å². The molecule has 0 saturated carbocycles. The lowest BCUT2D eigenvalue weighted by molar-refractivity contribution is 0.111. The number of carbonyl (C=O) groups is 1. The predicted octanol–water partition coefficient (Wildman–Crippen LogP) is 13.9. The van der Waals surface area contributed by atoms with Gasteiger partial charge in [-0.1, -0.05) is 140 Å². The molecule has 46 heavy (non-hydrogen) atoms. The Morgan fingerprint density at radius 1 is 0.478 bits per heavy atom. The van der Waals surface area contributed by atoms with Crippen molar-refractivity contribution in [2.75, 3.05) is 13.2 Å². The lowest BCUT2D eigenvalue weighted by Gasteiger charge is -2.12. The van der Waals surface area contributed by atoms with Gasteiger partial charge in [0.1, 0.15) is 11.5 Å². The maximum atomic E-state index is 11.5. The molecule has 0 aliphatic heterocycles. The van der Waals surface area contributed by atoms with E-state index in [0.29, 0.717) is 24.5 Å². The van der Waals surface area contributed by atoms with Gasteiger partial charge in [-0.25, -0.2) is 0 Å². The fraction of sp³-hybridized carbons (Fsp3) is 0.651. The summed E-state index contributed by atoms with van der Waals surface area (Å²) in [4.78, 5) is 11.5. The molecule has 0 radical (unpaired) electrons. The summed E-state index contributed by atoms with van der Waals surface area (Å²) in [6.45, 7) is 5.86. The molecule has 1 aromatic carbocycles. The van der Waals surface area contributed by atoms with Crippen LogP contribution in [0.3, 0.4) is 0 Å². The number of unbranched alkanes of at least 4 members (excludes halogenated alkanes) is 18. The number of hydrogen-bond acceptors (Lipinski definition) is 3. The SMILES string of the molecule is CCCCCC=CCC=CCCCCCCCCOc1ccc(C=O)c(OCCCCCCCCC=CCC=CCCCCC)c1. The number of rotatable bonds is 33. The Morgan fingerprint density at radius 3 is 1.35 bits per heavy atom. The van der Waals surface area contributed by atoms with Crippen molar-refractivity contribution in [1.29, 1.82) is 0 Å². The number of hydrogen-bond donors (Lipinski definition) is 0. The summed E-state index contributed by atoms with van der Waals surface area (Å²) in [7, 11) is 0. The number of aldehydes is 1. The van der Waals surface area contributed by atoms with Crippen LogP contribution in [0.4, 0.5) is 0 Å². The van der Waals surface area contributed by atoms with Gasteiger partial charge in [0.2, 0.25) is 0 Å². The summed E-state index contributed by atoms with van der Waals surface area (Å²) in [5.74, 6) is 1.44. The Bertz CT molecular complexity index is 926. The summed E-state index contributed by atoms with van der Waals surface area (Å²) >= 11 is 0. The van der Waals surface area contributed by atoms with Crippen LogP contribution in [-0.2, 0) is 0 Å². The van der Waals surface area contributed by atoms with Gasteiger partial charge in [-0.15, -0.1) is 0 Å². The van der Waals surface area contributed by atoms with Crippen LogP contribution >= 0.6 is 0 Å². The minimum atomic E-state index is 0.598. The Balaban J connectivity index is 2.03. The van der Waals surface area contributed by atoms with Gasteiger partial charge < -0.3 is 9.47 Å². The van der Waals surface area contributed by atoms with E-state index in [9.17, 15) is 4.79 Å². The first kappa shape index (κ1) is 41.5. The quantitative estimate of drug-likeness (QED) is 0.0438. The molecule has 0 amide bonds. The number of carbonyl (C=O) groups excluding carboxylic acids is 1. The van der Waals surface area contributed by atoms with Gasteiger partial charge in [-0.05, 0) is 89.2 Å². The molecule has 0 bridgehead atoms. The van der Waals surface area contributed by atoms with E-state index >= 15 is 0 Å². The molecular formula is C43H70O3. The first-order chi connectivity index (χ1) is 22.8. The summed E-state index contributed by atoms with van der Waals surface area (Å²) in [6.07, 6.45) is 49.0. The second kappa shape index (κ2) is 33.8. The maximum Gasteiger partial charge on any atom is 0.153 e. The predicted molar refractivity (Wildman–Crippen MR) is 202 cm³/mol. The maximum absolute atomic E-state index is 11.5. The van der Waals surface area contributed by atoms with Gasteiger partial charge in [0.25, 0.3) is 0 Å². The van der Waals surface area contributed by atoms with E-state index in [2.05, 4.69) is 62.5 Å². The molecular weight excluding hydrogens is 564 g/mol. The third kappa shape index (κ3) is 26.6. The van der Waals surface area contributed by atoms with Gasteiger partial charge >= 0.3 is 0 Å². The van der Waals surface area contributed by atoms with Crippen LogP contribution in [0.1, 0.15) is 178 Å². The highest BCUT2D eigenvalue weighted by Gasteiger charge is 2.06. The standard InChI is InChI=1S/C43H70O3/c1-3-5-7-9-11-13-15-17-19-21-23-25-27-29-31-33-37-45-42-36-35-41(40-44)43(39-42)46-38-34-32-30-28-26-24-22-20-18-16-14-12-10-8-6-4-2/h11-14,17-20,35-36,39-40H,3-10,15-16,21-34,37-38H2,1-2H3. The van der Waals surface area contributed by atoms with Crippen molar-refractivity contribution in [2.24, 2.45) is 0 Å². The van der Waals surface area contributed by atoms with Crippen molar-refractivity contribution >= 4 is 6.29 Å². The average molecular weight is 635 g/mol. The molecule has 0 aliphatic rings. The van der Waals surface area contributed by atoms with Crippen molar-refractivity contribution in [3.63, 3.8) is 0 Å². The largest absolute Gasteiger partial charge is 0.493 e. The number of allylic oxidation sites excluding steroid dienone is 8. The van der Waals surface area contributed by atoms with Crippen molar-refractivity contribution in [1.82, 2.24) is 0 Å². The Labute approximate surface area is 285 Å². The second-order valence-electron chi connectivity index (χ2n) is 12.7. The molecule has 3 nitrogen and oxygen atoms in total. The Morgan fingerprint density at radius 2 is 0.891 bits per heavy atom. The van der Waals surface area contributed by atoms with Gasteiger partial charge in [-0.3, -0.25) is 4.79 Å². The number of ether oxygens (including phenoxy) is 2. The summed E-state index contributed by atoms with van der Waals surface area (Å²) < 4.78 is 12.0. The molecule has 0 fully saturated rings. The normalized spacial score (nSPS) is 12.0. The minimum absolute atomic E-state index is 0.598. The van der Waals surface area contributed by atoms with Gasteiger partial charge in [0, 0.05) is 6.07 Å². The molecule has 1 rings (SSSR count). The first-order valence-electron chi connectivity index (χ1n) is 19.3. The molecule has 0 spiro atoms. The fourth-order valence-corrected chi connectivity index (χ4v) is 5.38. The van der Waals surface area contributed by atoms with E-state index in [-0.39, 0.29) is 0 Å². The highest BCUT2D eigenvalue weighted by molar-refractivity contribution is 5.79. The fourth-order valence-electron chi connectivity index (χ4n) is 5.38. The molecule has 0 unspecified atom stereocenters. The minimum Gasteiger partial charge on any atom is -0.493 e. The smallest absolute Gasteiger partial charge is 0.153 e. The zero-order valence-corrected chi connectivity index (χ0v) is 30.0. The van der Waals surface area contributed by atoms with E-state index in [1.807, 2.05) is 18.2 Å². The van der Waals surface area contributed by atoms with Crippen molar-refractivity contribution in [3.05, 3.63) is 72.4 Å². The van der Waals surface area contributed by atoms with E-state index in [4.69, 9.17) is 9.47 Å². The zero-order chi connectivity index (χ0) is 33.0. The summed E-state index contributed by atoms with van der Waals surface area (Å²) in [5.41, 5.74) is 0.598.